The van der Waals surface area contributed by atoms with Crippen LogP contribution >= 0.6 is 0 Å². The fraction of sp³-hybridized carbons (Fsp3) is 0.938. The molecule has 6 N–H and O–H groups in total. The summed E-state index contributed by atoms with van der Waals surface area (Å²) in [6.45, 7) is 47.4. The van der Waals surface area contributed by atoms with Gasteiger partial charge in [0.25, 0.3) is 0 Å². The maximum Gasteiger partial charge on any atom is 0.232 e. The van der Waals surface area contributed by atoms with Crippen LogP contribution in [0.5, 0.6) is 0 Å². The van der Waals surface area contributed by atoms with Crippen LogP contribution in [0.15, 0.2) is 0 Å². The zero-order chi connectivity index (χ0) is 44.2. The summed E-state index contributed by atoms with van der Waals surface area (Å²) in [7, 11) is 0. The lowest BCUT2D eigenvalue weighted by Crippen LogP contribution is -2.68. The van der Waals surface area contributed by atoms with Gasteiger partial charge in [0.05, 0.1) is 0 Å². The van der Waals surface area contributed by atoms with E-state index in [0.29, 0.717) is 0 Å². The van der Waals surface area contributed by atoms with E-state index in [2.05, 4.69) is 180 Å². The largest absolute Gasteiger partial charge is 0.351 e. The van der Waals surface area contributed by atoms with E-state index >= 15 is 0 Å². The van der Waals surface area contributed by atoms with Crippen LogP contribution in [-0.2, 0) is 0 Å². The molecule has 0 spiro atoms. The van der Waals surface area contributed by atoms with E-state index in [0.717, 1.165) is 82.1 Å². The van der Waals surface area contributed by atoms with Gasteiger partial charge in [0, 0.05) is 85.6 Å². The number of rotatable bonds is 8. The monoisotopic (exact) mass is 822 g/mol. The van der Waals surface area contributed by atoms with Gasteiger partial charge in [-0.25, -0.2) is 0 Å². The fourth-order valence-electron chi connectivity index (χ4n) is 14.4. The number of nitrogens with one attached hydrogen (secondary N) is 6. The predicted octanol–water partition coefficient (Wildman–Crippen LogP) is 8.44. The van der Waals surface area contributed by atoms with Crippen molar-refractivity contribution in [2.75, 3.05) is 15.1 Å². The third kappa shape index (κ3) is 11.8. The Kier molecular flexibility index (Phi) is 11.8. The van der Waals surface area contributed by atoms with Gasteiger partial charge in [0.2, 0.25) is 17.8 Å². The van der Waals surface area contributed by atoms with Crippen molar-refractivity contribution in [2.45, 2.75) is 288 Å². The summed E-state index contributed by atoms with van der Waals surface area (Å²) in [6.07, 6.45) is 10.1. The minimum atomic E-state index is -0.0453. The van der Waals surface area contributed by atoms with Gasteiger partial charge in [-0.05, 0) is 203 Å². The SMILES string of the molecule is CC1(C)CC(Nc2nc(N(C3CC(C)(C)NC(C)(C)C3)C3CC(C)(C)NC(C)(C)C3)nc(N(C3CC(C)(C)NC(C)(C)C3)C3CC(C)(C)NC(C)(C)C3)n2)CC(C)(C)N1. The molecule has 338 valence electrons. The Hall–Kier alpha value is -1.79. The summed E-state index contributed by atoms with van der Waals surface area (Å²) < 4.78 is 0. The quantitative estimate of drug-likeness (QED) is 0.152. The van der Waals surface area contributed by atoms with Crippen LogP contribution in [0, 0.1) is 0 Å². The molecular weight excluding hydrogens is 731 g/mol. The summed E-state index contributed by atoms with van der Waals surface area (Å²) in [6, 6.07) is 1.21. The van der Waals surface area contributed by atoms with Gasteiger partial charge in [-0.15, -0.1) is 0 Å². The Labute approximate surface area is 361 Å². The molecule has 6 rings (SSSR count). The van der Waals surface area contributed by atoms with Crippen LogP contribution in [0.4, 0.5) is 17.8 Å². The van der Waals surface area contributed by atoms with Gasteiger partial charge in [0.15, 0.2) is 0 Å². The highest BCUT2D eigenvalue weighted by Crippen LogP contribution is 2.43. The number of aromatic nitrogens is 3. The van der Waals surface area contributed by atoms with E-state index in [4.69, 9.17) is 15.0 Å². The zero-order valence-corrected chi connectivity index (χ0v) is 41.7. The van der Waals surface area contributed by atoms with Gasteiger partial charge in [0.1, 0.15) is 0 Å². The average molecular weight is 822 g/mol. The lowest BCUT2D eigenvalue weighted by Gasteiger charge is -2.56. The summed E-state index contributed by atoms with van der Waals surface area (Å²) in [5, 5.41) is 23.9. The summed E-state index contributed by atoms with van der Waals surface area (Å²) in [5.41, 5.74) is -0.403. The van der Waals surface area contributed by atoms with E-state index in [-0.39, 0.29) is 85.6 Å². The van der Waals surface area contributed by atoms with Crippen molar-refractivity contribution in [1.82, 2.24) is 41.5 Å². The van der Waals surface area contributed by atoms with E-state index in [1.165, 1.54) is 0 Å². The van der Waals surface area contributed by atoms with Crippen molar-refractivity contribution in [3.8, 4) is 0 Å². The van der Waals surface area contributed by atoms with Crippen LogP contribution in [0.1, 0.15) is 203 Å². The van der Waals surface area contributed by atoms with Gasteiger partial charge >= 0.3 is 0 Å². The predicted molar refractivity (Wildman–Crippen MR) is 250 cm³/mol. The Morgan fingerprint density at radius 1 is 0.339 bits per heavy atom. The highest BCUT2D eigenvalue weighted by molar-refractivity contribution is 5.50. The summed E-state index contributed by atoms with van der Waals surface area (Å²) in [4.78, 5) is 22.6. The average Bonchev–Trinajstić information content (AvgIpc) is 2.89. The molecule has 5 aliphatic heterocycles. The molecule has 59 heavy (non-hydrogen) atoms. The van der Waals surface area contributed by atoms with Gasteiger partial charge in [-0.3, -0.25) is 0 Å². The Morgan fingerprint density at radius 3 is 0.763 bits per heavy atom. The first kappa shape index (κ1) is 46.7. The van der Waals surface area contributed by atoms with Crippen molar-refractivity contribution < 1.29 is 0 Å². The molecular formula is C48H91N11. The maximum atomic E-state index is 5.86. The van der Waals surface area contributed by atoms with Crippen molar-refractivity contribution in [3.05, 3.63) is 0 Å². The molecule has 1 aromatic rings. The standard InChI is InChI=1S/C48H91N11/c1-39(2)21-31(22-40(3,4)53-39)49-36-50-37(58(32-23-41(5,6)54-42(7,8)24-32)33-25-43(9,10)55-44(11,12)26-33)52-38(51-36)59(34-27-45(13,14)56-46(15,16)28-34)35-29-47(17,18)57-48(19,20)30-35/h31-35,53-57H,21-30H2,1-20H3,(H,49,50,51,52). The van der Waals surface area contributed by atoms with Gasteiger partial charge < -0.3 is 41.7 Å². The molecule has 5 saturated heterocycles. The van der Waals surface area contributed by atoms with Crippen LogP contribution in [0.3, 0.4) is 0 Å². The third-order valence-electron chi connectivity index (χ3n) is 13.8. The van der Waals surface area contributed by atoms with Crippen molar-refractivity contribution in [3.63, 3.8) is 0 Å². The van der Waals surface area contributed by atoms with E-state index in [9.17, 15) is 0 Å². The Bertz CT molecular complexity index is 1420. The molecule has 5 fully saturated rings. The lowest BCUT2D eigenvalue weighted by atomic mass is 9.75. The zero-order valence-electron chi connectivity index (χ0n) is 41.7. The van der Waals surface area contributed by atoms with Crippen molar-refractivity contribution >= 4 is 17.8 Å². The molecule has 11 nitrogen and oxygen atoms in total. The molecule has 5 aliphatic rings. The molecule has 0 aromatic carbocycles. The van der Waals surface area contributed by atoms with E-state index in [1.54, 1.807) is 0 Å². The molecule has 0 aliphatic carbocycles. The number of hydrogen-bond acceptors (Lipinski definition) is 11. The summed E-state index contributed by atoms with van der Waals surface area (Å²) >= 11 is 0. The molecule has 0 bridgehead atoms. The molecule has 11 heteroatoms. The van der Waals surface area contributed by atoms with Crippen molar-refractivity contribution in [1.29, 1.82) is 0 Å². The summed E-state index contributed by atoms with van der Waals surface area (Å²) in [5.74, 6) is 2.40. The molecule has 0 amide bonds. The number of anilines is 3. The van der Waals surface area contributed by atoms with Crippen LogP contribution in [-0.4, -0.2) is 101 Å². The fourth-order valence-corrected chi connectivity index (χ4v) is 14.4. The normalized spacial score (nSPS) is 30.0. The topological polar surface area (TPSA) is 117 Å². The van der Waals surface area contributed by atoms with Crippen LogP contribution in [0.2, 0.25) is 0 Å². The van der Waals surface area contributed by atoms with Crippen LogP contribution < -0.4 is 41.7 Å². The van der Waals surface area contributed by atoms with Gasteiger partial charge in [-0.2, -0.15) is 15.0 Å². The highest BCUT2D eigenvalue weighted by atomic mass is 15.4. The van der Waals surface area contributed by atoms with Gasteiger partial charge in [-0.1, -0.05) is 0 Å². The lowest BCUT2D eigenvalue weighted by molar-refractivity contribution is 0.122. The molecule has 1 aromatic heterocycles. The molecule has 0 atom stereocenters. The first-order valence-corrected chi connectivity index (χ1v) is 23.5. The molecule has 6 heterocycles. The Balaban J connectivity index is 1.59. The molecule has 0 radical (unpaired) electrons. The smallest absolute Gasteiger partial charge is 0.232 e. The second-order valence-corrected chi connectivity index (χ2v) is 27.0. The highest BCUT2D eigenvalue weighted by Gasteiger charge is 2.50. The van der Waals surface area contributed by atoms with Crippen molar-refractivity contribution in [2.24, 2.45) is 0 Å². The number of hydrogen-bond donors (Lipinski definition) is 6. The molecule has 0 unspecified atom stereocenters. The van der Waals surface area contributed by atoms with E-state index < -0.39 is 0 Å². The van der Waals surface area contributed by atoms with E-state index in [1.807, 2.05) is 0 Å². The Morgan fingerprint density at radius 2 is 0.542 bits per heavy atom. The minimum Gasteiger partial charge on any atom is -0.351 e. The maximum absolute atomic E-state index is 5.86. The number of nitrogens with zero attached hydrogens (tertiary/aromatic N) is 5. The molecule has 0 saturated carbocycles. The first-order chi connectivity index (χ1) is 26.4. The van der Waals surface area contributed by atoms with Crippen LogP contribution in [0.25, 0.3) is 0 Å². The third-order valence-corrected chi connectivity index (χ3v) is 13.8. The minimum absolute atomic E-state index is 0.0206. The second kappa shape index (κ2) is 14.9. The number of piperidine rings is 5. The second-order valence-electron chi connectivity index (χ2n) is 27.0. The first-order valence-electron chi connectivity index (χ1n) is 23.5.